The third-order valence-electron chi connectivity index (χ3n) is 7.10. The summed E-state index contributed by atoms with van der Waals surface area (Å²) in [5.74, 6) is 2.23. The van der Waals surface area contributed by atoms with E-state index in [4.69, 9.17) is 0 Å². The highest BCUT2D eigenvalue weighted by Crippen LogP contribution is 2.44. The maximum Gasteiger partial charge on any atom is 0.222 e. The molecule has 3 aliphatic rings. The van der Waals surface area contributed by atoms with Crippen LogP contribution in [0.15, 0.2) is 30.3 Å². The third kappa shape index (κ3) is 5.46. The lowest BCUT2D eigenvalue weighted by Crippen LogP contribution is -2.38. The quantitative estimate of drug-likeness (QED) is 0.687. The molecule has 4 rings (SSSR count). The second kappa shape index (κ2) is 11.0. The maximum absolute atomic E-state index is 13.0. The van der Waals surface area contributed by atoms with Gasteiger partial charge in [0.25, 0.3) is 0 Å². The molecule has 1 aromatic rings. The first kappa shape index (κ1) is 24.5. The van der Waals surface area contributed by atoms with Crippen LogP contribution in [0.2, 0.25) is 0 Å². The minimum absolute atomic E-state index is 0. The van der Waals surface area contributed by atoms with Crippen molar-refractivity contribution < 1.29 is 4.79 Å². The molecule has 3 saturated heterocycles. The summed E-state index contributed by atoms with van der Waals surface area (Å²) in [6.07, 6.45) is 4.39. The van der Waals surface area contributed by atoms with Crippen LogP contribution < -0.4 is 0 Å². The molecule has 6 heteroatoms. The van der Waals surface area contributed by atoms with E-state index in [1.165, 1.54) is 44.5 Å². The molecule has 1 aromatic carbocycles. The first-order chi connectivity index (χ1) is 13.2. The standard InChI is InChI=1S/C23H35N3O.2ClH/c1-3-11-25-12-9-18(10-13-25)14-22(27)26-16-20-15-24(2)23(21(20)17-26)19-7-5-4-6-8-19;;/h4-8,18,20-21,23H,3,9-17H2,1-2H3;2*1H/t20-,21+,23-;;/m0../s1. The smallest absolute Gasteiger partial charge is 0.222 e. The maximum atomic E-state index is 13.0. The average molecular weight is 442 g/mol. The van der Waals surface area contributed by atoms with Crippen LogP contribution in [-0.2, 0) is 4.79 Å². The number of hydrogen-bond acceptors (Lipinski definition) is 3. The van der Waals surface area contributed by atoms with Gasteiger partial charge in [-0.3, -0.25) is 9.69 Å². The van der Waals surface area contributed by atoms with Gasteiger partial charge >= 0.3 is 0 Å². The van der Waals surface area contributed by atoms with Crippen LogP contribution in [0.5, 0.6) is 0 Å². The number of rotatable bonds is 5. The molecule has 4 nitrogen and oxygen atoms in total. The number of benzene rings is 1. The molecular formula is C23H37Cl2N3O. The van der Waals surface area contributed by atoms with Crippen LogP contribution in [0.3, 0.4) is 0 Å². The molecule has 29 heavy (non-hydrogen) atoms. The van der Waals surface area contributed by atoms with E-state index >= 15 is 0 Å². The molecule has 0 N–H and O–H groups in total. The topological polar surface area (TPSA) is 26.8 Å². The fraction of sp³-hybridized carbons (Fsp3) is 0.696. The lowest BCUT2D eigenvalue weighted by molar-refractivity contribution is -0.132. The Morgan fingerprint density at radius 2 is 1.72 bits per heavy atom. The van der Waals surface area contributed by atoms with Gasteiger partial charge in [0.05, 0.1) is 0 Å². The van der Waals surface area contributed by atoms with E-state index in [0.717, 1.165) is 26.1 Å². The minimum Gasteiger partial charge on any atom is -0.342 e. The van der Waals surface area contributed by atoms with E-state index in [-0.39, 0.29) is 24.8 Å². The summed E-state index contributed by atoms with van der Waals surface area (Å²) in [6, 6.07) is 11.3. The van der Waals surface area contributed by atoms with Gasteiger partial charge in [-0.15, -0.1) is 24.8 Å². The molecule has 0 radical (unpaired) electrons. The summed E-state index contributed by atoms with van der Waals surface area (Å²) in [5, 5.41) is 0. The summed E-state index contributed by atoms with van der Waals surface area (Å²) in [4.78, 5) is 20.2. The first-order valence-electron chi connectivity index (χ1n) is 10.9. The predicted molar refractivity (Wildman–Crippen MR) is 124 cm³/mol. The number of carbonyl (C=O) groups is 1. The van der Waals surface area contributed by atoms with E-state index in [9.17, 15) is 4.79 Å². The molecule has 164 valence electrons. The normalized spacial score (nSPS) is 27.9. The van der Waals surface area contributed by atoms with Crippen LogP contribution in [0.4, 0.5) is 0 Å². The molecular weight excluding hydrogens is 405 g/mol. The van der Waals surface area contributed by atoms with Gasteiger partial charge < -0.3 is 9.80 Å². The van der Waals surface area contributed by atoms with Crippen molar-refractivity contribution in [3.63, 3.8) is 0 Å². The Hall–Kier alpha value is -0.810. The van der Waals surface area contributed by atoms with Crippen LogP contribution in [0, 0.1) is 17.8 Å². The number of hydrogen-bond donors (Lipinski definition) is 0. The van der Waals surface area contributed by atoms with Crippen LogP contribution in [-0.4, -0.2) is 66.9 Å². The van der Waals surface area contributed by atoms with Crippen molar-refractivity contribution in [2.45, 2.75) is 38.6 Å². The van der Waals surface area contributed by atoms with Gasteiger partial charge in [0.15, 0.2) is 0 Å². The Morgan fingerprint density at radius 1 is 1.03 bits per heavy atom. The van der Waals surface area contributed by atoms with Gasteiger partial charge in [0.2, 0.25) is 5.91 Å². The van der Waals surface area contributed by atoms with Crippen molar-refractivity contribution in [3.8, 4) is 0 Å². The summed E-state index contributed by atoms with van der Waals surface area (Å²) in [6.45, 7) is 8.84. The van der Waals surface area contributed by atoms with E-state index in [1.807, 2.05) is 0 Å². The molecule has 1 amide bonds. The summed E-state index contributed by atoms with van der Waals surface area (Å²) in [7, 11) is 2.24. The second-order valence-corrected chi connectivity index (χ2v) is 9.01. The third-order valence-corrected chi connectivity index (χ3v) is 7.10. The predicted octanol–water partition coefficient (Wildman–Crippen LogP) is 4.10. The number of amides is 1. The highest BCUT2D eigenvalue weighted by Gasteiger charge is 2.47. The Bertz CT molecular complexity index is 636. The molecule has 3 atom stereocenters. The molecule has 0 aliphatic carbocycles. The van der Waals surface area contributed by atoms with E-state index in [0.29, 0.717) is 29.7 Å². The van der Waals surface area contributed by atoms with Gasteiger partial charge in [-0.05, 0) is 63.3 Å². The largest absolute Gasteiger partial charge is 0.342 e. The van der Waals surface area contributed by atoms with Crippen molar-refractivity contribution >= 4 is 30.7 Å². The van der Waals surface area contributed by atoms with E-state index in [1.54, 1.807) is 0 Å². The molecule has 3 heterocycles. The van der Waals surface area contributed by atoms with Gasteiger partial charge in [0.1, 0.15) is 0 Å². The Labute approximate surface area is 188 Å². The number of nitrogens with zero attached hydrogens (tertiary/aromatic N) is 3. The number of halogens is 2. The highest BCUT2D eigenvalue weighted by atomic mass is 35.5. The molecule has 0 spiro atoms. The van der Waals surface area contributed by atoms with Crippen molar-refractivity contribution in [2.24, 2.45) is 17.8 Å². The van der Waals surface area contributed by atoms with Crippen LogP contribution >= 0.6 is 24.8 Å². The zero-order valence-corrected chi connectivity index (χ0v) is 19.5. The van der Waals surface area contributed by atoms with Crippen molar-refractivity contribution in [1.82, 2.24) is 14.7 Å². The first-order valence-corrected chi connectivity index (χ1v) is 10.9. The van der Waals surface area contributed by atoms with Crippen molar-refractivity contribution in [3.05, 3.63) is 35.9 Å². The lowest BCUT2D eigenvalue weighted by atomic mass is 9.90. The van der Waals surface area contributed by atoms with Gasteiger partial charge in [-0.25, -0.2) is 0 Å². The Balaban J connectivity index is 0.00000150. The number of likely N-dealkylation sites (tertiary alicyclic amines) is 3. The van der Waals surface area contributed by atoms with Gasteiger partial charge in [0, 0.05) is 38.0 Å². The molecule has 3 fully saturated rings. The lowest BCUT2D eigenvalue weighted by Gasteiger charge is -2.32. The van der Waals surface area contributed by atoms with Crippen molar-refractivity contribution in [1.29, 1.82) is 0 Å². The minimum atomic E-state index is 0. The molecule has 0 bridgehead atoms. The summed E-state index contributed by atoms with van der Waals surface area (Å²) < 4.78 is 0. The van der Waals surface area contributed by atoms with E-state index < -0.39 is 0 Å². The van der Waals surface area contributed by atoms with Gasteiger partial charge in [-0.2, -0.15) is 0 Å². The Morgan fingerprint density at radius 3 is 2.38 bits per heavy atom. The van der Waals surface area contributed by atoms with E-state index in [2.05, 4.69) is 59.0 Å². The zero-order valence-electron chi connectivity index (χ0n) is 17.8. The Kier molecular flexibility index (Phi) is 9.27. The second-order valence-electron chi connectivity index (χ2n) is 9.01. The highest BCUT2D eigenvalue weighted by molar-refractivity contribution is 5.85. The van der Waals surface area contributed by atoms with Gasteiger partial charge in [-0.1, -0.05) is 37.3 Å². The zero-order chi connectivity index (χ0) is 18.8. The van der Waals surface area contributed by atoms with Crippen LogP contribution in [0.1, 0.15) is 44.2 Å². The fourth-order valence-corrected chi connectivity index (χ4v) is 5.72. The average Bonchev–Trinajstić information content (AvgIpc) is 3.21. The molecule has 3 aliphatic heterocycles. The summed E-state index contributed by atoms with van der Waals surface area (Å²) in [5.41, 5.74) is 1.41. The SMILES string of the molecule is CCCN1CCC(CC(=O)N2C[C@@H]3CN(C)[C@@H](c4ccccc4)[C@@H]3C2)CC1.Cl.Cl. The van der Waals surface area contributed by atoms with Crippen molar-refractivity contribution in [2.75, 3.05) is 46.3 Å². The molecule has 0 unspecified atom stereocenters. The number of piperidine rings is 1. The molecule has 0 saturated carbocycles. The van der Waals surface area contributed by atoms with Crippen LogP contribution in [0.25, 0.3) is 0 Å². The summed E-state index contributed by atoms with van der Waals surface area (Å²) >= 11 is 0. The fourth-order valence-electron chi connectivity index (χ4n) is 5.72. The molecule has 0 aromatic heterocycles. The number of fused-ring (bicyclic) bond motifs is 1. The monoisotopic (exact) mass is 441 g/mol. The number of carbonyl (C=O) groups excluding carboxylic acids is 1.